The maximum Gasteiger partial charge on any atom is 0.315 e. The van der Waals surface area contributed by atoms with Crippen molar-refractivity contribution < 1.29 is 9.90 Å². The lowest BCUT2D eigenvalue weighted by Gasteiger charge is -2.11. The Hall–Kier alpha value is -1.92. The number of amides is 2. The van der Waals surface area contributed by atoms with Crippen molar-refractivity contribution in [3.8, 4) is 11.3 Å². The van der Waals surface area contributed by atoms with Crippen LogP contribution in [0.4, 0.5) is 4.79 Å². The summed E-state index contributed by atoms with van der Waals surface area (Å²) in [4.78, 5) is 16.1. The standard InChI is InChI=1S/C16H21N3O2S/c1-2-6-13(20)9-17-16(21)18-10-15-19-14(11-22-15)12-7-4-3-5-8-12/h3-5,7-8,11,13,20H,2,6,9-10H2,1H3,(H2,17,18,21). The quantitative estimate of drug-likeness (QED) is 0.734. The zero-order chi connectivity index (χ0) is 15.8. The third-order valence-electron chi connectivity index (χ3n) is 3.14. The molecule has 0 saturated carbocycles. The Bertz CT molecular complexity index is 586. The molecule has 0 aliphatic rings. The lowest BCUT2D eigenvalue weighted by atomic mass is 10.2. The number of hydrogen-bond acceptors (Lipinski definition) is 4. The van der Waals surface area contributed by atoms with E-state index in [0.29, 0.717) is 13.0 Å². The first kappa shape index (κ1) is 16.5. The van der Waals surface area contributed by atoms with Crippen LogP contribution in [-0.4, -0.2) is 28.8 Å². The van der Waals surface area contributed by atoms with Crippen LogP contribution in [0.1, 0.15) is 24.8 Å². The van der Waals surface area contributed by atoms with E-state index >= 15 is 0 Å². The van der Waals surface area contributed by atoms with Crippen molar-refractivity contribution in [3.05, 3.63) is 40.7 Å². The van der Waals surface area contributed by atoms with Crippen molar-refractivity contribution >= 4 is 17.4 Å². The van der Waals surface area contributed by atoms with Gasteiger partial charge in [-0.05, 0) is 6.42 Å². The molecule has 0 bridgehead atoms. The maximum absolute atomic E-state index is 11.6. The molecule has 22 heavy (non-hydrogen) atoms. The van der Waals surface area contributed by atoms with Gasteiger partial charge >= 0.3 is 6.03 Å². The van der Waals surface area contributed by atoms with Crippen LogP contribution in [0.3, 0.4) is 0 Å². The molecule has 1 aromatic heterocycles. The second kappa shape index (κ2) is 8.51. The Labute approximate surface area is 134 Å². The van der Waals surface area contributed by atoms with Crippen LogP contribution in [0.15, 0.2) is 35.7 Å². The van der Waals surface area contributed by atoms with Gasteiger partial charge < -0.3 is 15.7 Å². The molecule has 5 nitrogen and oxygen atoms in total. The van der Waals surface area contributed by atoms with Crippen LogP contribution in [0.25, 0.3) is 11.3 Å². The normalized spacial score (nSPS) is 11.9. The smallest absolute Gasteiger partial charge is 0.315 e. The average Bonchev–Trinajstić information content (AvgIpc) is 3.01. The van der Waals surface area contributed by atoms with Crippen molar-refractivity contribution in [2.24, 2.45) is 0 Å². The molecule has 0 spiro atoms. The number of hydrogen-bond donors (Lipinski definition) is 3. The number of aromatic nitrogens is 1. The number of urea groups is 1. The predicted molar refractivity (Wildman–Crippen MR) is 88.7 cm³/mol. The molecule has 2 aromatic rings. The van der Waals surface area contributed by atoms with Gasteiger partial charge in [-0.2, -0.15) is 0 Å². The minimum Gasteiger partial charge on any atom is -0.391 e. The summed E-state index contributed by atoms with van der Waals surface area (Å²) in [7, 11) is 0. The van der Waals surface area contributed by atoms with Crippen LogP contribution < -0.4 is 10.6 Å². The third-order valence-corrected chi connectivity index (χ3v) is 3.99. The first-order chi connectivity index (χ1) is 10.7. The van der Waals surface area contributed by atoms with Crippen LogP contribution in [0.5, 0.6) is 0 Å². The summed E-state index contributed by atoms with van der Waals surface area (Å²) in [6.07, 6.45) is 1.10. The van der Waals surface area contributed by atoms with E-state index < -0.39 is 6.10 Å². The zero-order valence-electron chi connectivity index (χ0n) is 12.6. The molecular formula is C16H21N3O2S. The van der Waals surface area contributed by atoms with Gasteiger partial charge in [-0.25, -0.2) is 9.78 Å². The monoisotopic (exact) mass is 319 g/mol. The van der Waals surface area contributed by atoms with Gasteiger partial charge in [0.25, 0.3) is 0 Å². The summed E-state index contributed by atoms with van der Waals surface area (Å²) in [5.74, 6) is 0. The number of benzene rings is 1. The van der Waals surface area contributed by atoms with Crippen LogP contribution >= 0.6 is 11.3 Å². The molecule has 0 radical (unpaired) electrons. The van der Waals surface area contributed by atoms with Crippen molar-refractivity contribution in [3.63, 3.8) is 0 Å². The van der Waals surface area contributed by atoms with E-state index in [-0.39, 0.29) is 12.6 Å². The zero-order valence-corrected chi connectivity index (χ0v) is 13.4. The fraction of sp³-hybridized carbons (Fsp3) is 0.375. The fourth-order valence-corrected chi connectivity index (χ4v) is 2.74. The number of thiazole rings is 1. The van der Waals surface area contributed by atoms with Gasteiger partial charge in [0.1, 0.15) is 5.01 Å². The van der Waals surface area contributed by atoms with Crippen molar-refractivity contribution in [1.29, 1.82) is 0 Å². The van der Waals surface area contributed by atoms with E-state index in [0.717, 1.165) is 22.7 Å². The van der Waals surface area contributed by atoms with E-state index in [4.69, 9.17) is 0 Å². The van der Waals surface area contributed by atoms with E-state index in [1.165, 1.54) is 11.3 Å². The summed E-state index contributed by atoms with van der Waals surface area (Å²) < 4.78 is 0. The molecule has 2 rings (SSSR count). The van der Waals surface area contributed by atoms with E-state index in [1.54, 1.807) is 0 Å². The maximum atomic E-state index is 11.6. The second-order valence-corrected chi connectivity index (χ2v) is 5.94. The highest BCUT2D eigenvalue weighted by molar-refractivity contribution is 7.09. The van der Waals surface area contributed by atoms with E-state index in [1.807, 2.05) is 42.6 Å². The molecular weight excluding hydrogens is 298 g/mol. The molecule has 118 valence electrons. The molecule has 2 amide bonds. The number of aliphatic hydroxyl groups excluding tert-OH is 1. The molecule has 1 atom stereocenters. The number of carbonyl (C=O) groups is 1. The minimum atomic E-state index is -0.486. The van der Waals surface area contributed by atoms with E-state index in [2.05, 4.69) is 15.6 Å². The van der Waals surface area contributed by atoms with Gasteiger partial charge in [0, 0.05) is 17.5 Å². The van der Waals surface area contributed by atoms with Crippen molar-refractivity contribution in [1.82, 2.24) is 15.6 Å². The van der Waals surface area contributed by atoms with Gasteiger partial charge in [-0.1, -0.05) is 43.7 Å². The molecule has 6 heteroatoms. The topological polar surface area (TPSA) is 74.2 Å². The predicted octanol–water partition coefficient (Wildman–Crippen LogP) is 2.77. The van der Waals surface area contributed by atoms with Crippen molar-refractivity contribution in [2.75, 3.05) is 6.54 Å². The van der Waals surface area contributed by atoms with E-state index in [9.17, 15) is 9.90 Å². The Morgan fingerprint density at radius 1 is 1.32 bits per heavy atom. The molecule has 0 aliphatic heterocycles. The number of carbonyl (C=O) groups excluding carboxylic acids is 1. The van der Waals surface area contributed by atoms with Gasteiger partial charge in [-0.15, -0.1) is 11.3 Å². The van der Waals surface area contributed by atoms with Gasteiger partial charge in [0.2, 0.25) is 0 Å². The summed E-state index contributed by atoms with van der Waals surface area (Å²) in [6.45, 7) is 2.65. The number of rotatable bonds is 7. The lowest BCUT2D eigenvalue weighted by molar-refractivity contribution is 0.160. The van der Waals surface area contributed by atoms with Crippen LogP contribution in [0, 0.1) is 0 Å². The largest absolute Gasteiger partial charge is 0.391 e. The highest BCUT2D eigenvalue weighted by Gasteiger charge is 2.08. The van der Waals surface area contributed by atoms with Crippen LogP contribution in [0.2, 0.25) is 0 Å². The third kappa shape index (κ3) is 5.13. The summed E-state index contributed by atoms with van der Waals surface area (Å²) in [6, 6.07) is 9.65. The Morgan fingerprint density at radius 2 is 2.09 bits per heavy atom. The number of nitrogens with zero attached hydrogens (tertiary/aromatic N) is 1. The average molecular weight is 319 g/mol. The minimum absolute atomic E-state index is 0.271. The first-order valence-corrected chi connectivity index (χ1v) is 8.26. The van der Waals surface area contributed by atoms with Crippen molar-refractivity contribution in [2.45, 2.75) is 32.4 Å². The molecule has 0 fully saturated rings. The SMILES string of the molecule is CCCC(O)CNC(=O)NCc1nc(-c2ccccc2)cs1. The molecule has 1 unspecified atom stereocenters. The van der Waals surface area contributed by atoms with Gasteiger partial charge in [0.15, 0.2) is 0 Å². The second-order valence-electron chi connectivity index (χ2n) is 5.00. The lowest BCUT2D eigenvalue weighted by Crippen LogP contribution is -2.39. The Balaban J connectivity index is 1.78. The highest BCUT2D eigenvalue weighted by Crippen LogP contribution is 2.21. The van der Waals surface area contributed by atoms with Gasteiger partial charge in [-0.3, -0.25) is 0 Å². The summed E-state index contributed by atoms with van der Waals surface area (Å²) in [5, 5.41) is 17.8. The molecule has 3 N–H and O–H groups in total. The van der Waals surface area contributed by atoms with Gasteiger partial charge in [0.05, 0.1) is 18.3 Å². The summed E-state index contributed by atoms with van der Waals surface area (Å²) in [5.41, 5.74) is 1.98. The summed E-state index contributed by atoms with van der Waals surface area (Å²) >= 11 is 1.52. The molecule has 0 aliphatic carbocycles. The first-order valence-electron chi connectivity index (χ1n) is 7.38. The number of aliphatic hydroxyl groups is 1. The molecule has 0 saturated heterocycles. The number of nitrogens with one attached hydrogen (secondary N) is 2. The Morgan fingerprint density at radius 3 is 2.82 bits per heavy atom. The molecule has 1 aromatic carbocycles. The fourth-order valence-electron chi connectivity index (χ4n) is 2.00. The highest BCUT2D eigenvalue weighted by atomic mass is 32.1. The molecule has 1 heterocycles. The Kier molecular flexibility index (Phi) is 6.36. The van der Waals surface area contributed by atoms with Crippen LogP contribution in [-0.2, 0) is 6.54 Å².